The summed E-state index contributed by atoms with van der Waals surface area (Å²) in [4.78, 5) is 4.37. The first-order valence-electron chi connectivity index (χ1n) is 4.98. The van der Waals surface area contributed by atoms with Crippen LogP contribution in [0.25, 0.3) is 5.57 Å². The van der Waals surface area contributed by atoms with Crippen molar-refractivity contribution in [3.05, 3.63) is 36.2 Å². The van der Waals surface area contributed by atoms with Crippen molar-refractivity contribution in [2.24, 2.45) is 5.92 Å². The van der Waals surface area contributed by atoms with Crippen molar-refractivity contribution in [1.82, 2.24) is 4.98 Å². The molecule has 0 saturated heterocycles. The summed E-state index contributed by atoms with van der Waals surface area (Å²) in [6.45, 7) is 2.28. The van der Waals surface area contributed by atoms with Gasteiger partial charge in [-0.05, 0) is 42.9 Å². The predicted octanol–water partition coefficient (Wildman–Crippen LogP) is 3.29. The third kappa shape index (κ3) is 1.97. The second-order valence-electron chi connectivity index (χ2n) is 3.78. The van der Waals surface area contributed by atoms with Crippen molar-refractivity contribution in [2.45, 2.75) is 26.2 Å². The second kappa shape index (κ2) is 3.73. The van der Waals surface area contributed by atoms with E-state index in [0.29, 0.717) is 0 Å². The molecule has 2 rings (SSSR count). The minimum atomic E-state index is 0.728. The minimum absolute atomic E-state index is 0.728. The van der Waals surface area contributed by atoms with Gasteiger partial charge in [0.15, 0.2) is 0 Å². The molecule has 1 aliphatic rings. The molecule has 0 spiro atoms. The molecule has 1 nitrogen and oxygen atoms in total. The van der Waals surface area contributed by atoms with Crippen molar-refractivity contribution in [3.63, 3.8) is 0 Å². The van der Waals surface area contributed by atoms with Crippen LogP contribution >= 0.6 is 0 Å². The molecule has 1 aromatic heterocycles. The summed E-state index contributed by atoms with van der Waals surface area (Å²) in [5.41, 5.74) is 2.59. The van der Waals surface area contributed by atoms with Gasteiger partial charge < -0.3 is 0 Å². The van der Waals surface area contributed by atoms with Crippen LogP contribution < -0.4 is 0 Å². The van der Waals surface area contributed by atoms with Gasteiger partial charge in [-0.15, -0.1) is 0 Å². The first-order chi connectivity index (χ1) is 6.36. The number of hydrogen-bond acceptors (Lipinski definition) is 1. The van der Waals surface area contributed by atoms with E-state index in [1.54, 1.807) is 0 Å². The summed E-state index contributed by atoms with van der Waals surface area (Å²) in [6.07, 6.45) is 8.07. The van der Waals surface area contributed by atoms with Gasteiger partial charge in [0.25, 0.3) is 0 Å². The second-order valence-corrected chi connectivity index (χ2v) is 3.78. The molecule has 1 atom stereocenters. The normalized spacial score (nSPS) is 22.5. The smallest absolute Gasteiger partial charge is 0.0658 e. The highest BCUT2D eigenvalue weighted by molar-refractivity contribution is 5.63. The lowest BCUT2D eigenvalue weighted by Crippen LogP contribution is -2.01. The Hall–Kier alpha value is -1.11. The first-order valence-corrected chi connectivity index (χ1v) is 4.98. The summed E-state index contributed by atoms with van der Waals surface area (Å²) in [7, 11) is 0. The number of pyridine rings is 1. The van der Waals surface area contributed by atoms with Crippen LogP contribution in [0.3, 0.4) is 0 Å². The van der Waals surface area contributed by atoms with Gasteiger partial charge in [-0.3, -0.25) is 4.98 Å². The summed E-state index contributed by atoms with van der Waals surface area (Å²) >= 11 is 0. The fourth-order valence-corrected chi connectivity index (χ4v) is 1.89. The van der Waals surface area contributed by atoms with E-state index >= 15 is 0 Å². The maximum Gasteiger partial charge on any atom is 0.0658 e. The molecule has 1 heteroatoms. The van der Waals surface area contributed by atoms with Crippen LogP contribution in [0.2, 0.25) is 0 Å². The Morgan fingerprint density at radius 1 is 1.38 bits per heavy atom. The average Bonchev–Trinajstić information content (AvgIpc) is 2.19. The van der Waals surface area contributed by atoms with E-state index in [1.807, 2.05) is 12.3 Å². The van der Waals surface area contributed by atoms with E-state index in [1.165, 1.54) is 24.8 Å². The molecule has 0 radical (unpaired) electrons. The lowest BCUT2D eigenvalue weighted by Gasteiger charge is -2.16. The molecule has 0 aliphatic heterocycles. The van der Waals surface area contributed by atoms with Gasteiger partial charge in [-0.1, -0.05) is 19.1 Å². The van der Waals surface area contributed by atoms with Crippen molar-refractivity contribution in [3.8, 4) is 0 Å². The third-order valence-electron chi connectivity index (χ3n) is 2.59. The zero-order chi connectivity index (χ0) is 9.10. The van der Waals surface area contributed by atoms with E-state index in [9.17, 15) is 0 Å². The quantitative estimate of drug-likeness (QED) is 0.635. The van der Waals surface area contributed by atoms with Crippen molar-refractivity contribution in [2.75, 3.05) is 0 Å². The summed E-state index contributed by atoms with van der Waals surface area (Å²) in [6, 6.07) is 6.13. The van der Waals surface area contributed by atoms with Crippen LogP contribution in [0.5, 0.6) is 0 Å². The van der Waals surface area contributed by atoms with Crippen LogP contribution in [-0.4, -0.2) is 4.98 Å². The summed E-state index contributed by atoms with van der Waals surface area (Å²) < 4.78 is 0. The maximum absolute atomic E-state index is 4.37. The van der Waals surface area contributed by atoms with Crippen molar-refractivity contribution < 1.29 is 0 Å². The molecular weight excluding hydrogens is 158 g/mol. The van der Waals surface area contributed by atoms with Gasteiger partial charge in [-0.2, -0.15) is 0 Å². The van der Waals surface area contributed by atoms with Gasteiger partial charge in [0.05, 0.1) is 5.69 Å². The fraction of sp³-hybridized carbons (Fsp3) is 0.417. The number of hydrogen-bond donors (Lipinski definition) is 0. The van der Waals surface area contributed by atoms with E-state index in [-0.39, 0.29) is 0 Å². The highest BCUT2D eigenvalue weighted by atomic mass is 14.7. The third-order valence-corrected chi connectivity index (χ3v) is 2.59. The Labute approximate surface area is 79.5 Å². The summed E-state index contributed by atoms with van der Waals surface area (Å²) in [5, 5.41) is 0. The van der Waals surface area contributed by atoms with Gasteiger partial charge in [0, 0.05) is 6.20 Å². The van der Waals surface area contributed by atoms with Crippen LogP contribution in [0.15, 0.2) is 30.5 Å². The van der Waals surface area contributed by atoms with Crippen molar-refractivity contribution in [1.29, 1.82) is 0 Å². The minimum Gasteiger partial charge on any atom is -0.257 e. The SMILES string of the molecule is CC1C=C(c2ccccn2)CCC1. The number of aromatic nitrogens is 1. The first kappa shape index (κ1) is 8.49. The predicted molar refractivity (Wildman–Crippen MR) is 55.2 cm³/mol. The standard InChI is InChI=1S/C12H15N/c1-10-5-4-6-11(9-10)12-7-2-3-8-13-12/h2-3,7-10H,4-6H2,1H3. The molecule has 0 bridgehead atoms. The van der Waals surface area contributed by atoms with Gasteiger partial charge in [0.2, 0.25) is 0 Å². The van der Waals surface area contributed by atoms with Crippen LogP contribution in [0.1, 0.15) is 31.9 Å². The lowest BCUT2D eigenvalue weighted by atomic mass is 9.90. The van der Waals surface area contributed by atoms with E-state index in [4.69, 9.17) is 0 Å². The lowest BCUT2D eigenvalue weighted by molar-refractivity contribution is 0.592. The Morgan fingerprint density at radius 3 is 3.00 bits per heavy atom. The molecule has 1 heterocycles. The van der Waals surface area contributed by atoms with Crippen LogP contribution in [0, 0.1) is 5.92 Å². The van der Waals surface area contributed by atoms with Crippen molar-refractivity contribution >= 4 is 5.57 Å². The zero-order valence-electron chi connectivity index (χ0n) is 8.03. The molecule has 0 aromatic carbocycles. The largest absolute Gasteiger partial charge is 0.257 e. The zero-order valence-corrected chi connectivity index (χ0v) is 8.03. The molecule has 0 fully saturated rings. The topological polar surface area (TPSA) is 12.9 Å². The molecule has 1 unspecified atom stereocenters. The molecule has 0 amide bonds. The Kier molecular flexibility index (Phi) is 2.44. The molecule has 0 N–H and O–H groups in total. The Balaban J connectivity index is 2.26. The fourth-order valence-electron chi connectivity index (χ4n) is 1.89. The molecule has 1 aliphatic carbocycles. The molecular formula is C12H15N. The number of allylic oxidation sites excluding steroid dienone is 2. The molecule has 13 heavy (non-hydrogen) atoms. The van der Waals surface area contributed by atoms with Gasteiger partial charge in [-0.25, -0.2) is 0 Å². The highest BCUT2D eigenvalue weighted by Crippen LogP contribution is 2.28. The summed E-state index contributed by atoms with van der Waals surface area (Å²) in [5.74, 6) is 0.728. The average molecular weight is 173 g/mol. The van der Waals surface area contributed by atoms with E-state index < -0.39 is 0 Å². The Bertz CT molecular complexity index is 300. The molecule has 1 aromatic rings. The highest BCUT2D eigenvalue weighted by Gasteiger charge is 2.11. The molecule has 68 valence electrons. The van der Waals surface area contributed by atoms with E-state index in [2.05, 4.69) is 30.1 Å². The van der Waals surface area contributed by atoms with E-state index in [0.717, 1.165) is 11.6 Å². The molecule has 0 saturated carbocycles. The monoisotopic (exact) mass is 173 g/mol. The van der Waals surface area contributed by atoms with Gasteiger partial charge in [0.1, 0.15) is 0 Å². The van der Waals surface area contributed by atoms with Gasteiger partial charge >= 0.3 is 0 Å². The maximum atomic E-state index is 4.37. The number of nitrogens with zero attached hydrogens (tertiary/aromatic N) is 1. The Morgan fingerprint density at radius 2 is 2.31 bits per heavy atom. The van der Waals surface area contributed by atoms with Crippen LogP contribution in [0.4, 0.5) is 0 Å². The van der Waals surface area contributed by atoms with Crippen LogP contribution in [-0.2, 0) is 0 Å². The number of rotatable bonds is 1.